The molecule has 2 aromatic rings. The lowest BCUT2D eigenvalue weighted by Gasteiger charge is -2.26. The fraction of sp³-hybridized carbons (Fsp3) is 0.350. The molecule has 2 amide bonds. The molecule has 1 N–H and O–H groups in total. The Morgan fingerprint density at radius 2 is 1.64 bits per heavy atom. The van der Waals surface area contributed by atoms with Gasteiger partial charge in [0.2, 0.25) is 0 Å². The van der Waals surface area contributed by atoms with E-state index in [0.29, 0.717) is 5.69 Å². The van der Waals surface area contributed by atoms with Crippen molar-refractivity contribution < 1.29 is 9.59 Å². The molecule has 0 bridgehead atoms. The summed E-state index contributed by atoms with van der Waals surface area (Å²) in [6, 6.07) is 14.7. The number of carbonyl (C=O) groups excluding carboxylic acids is 2. The number of nitrogens with one attached hydrogen (secondary N) is 1. The zero-order chi connectivity index (χ0) is 17.6. The van der Waals surface area contributed by atoms with E-state index in [1.165, 1.54) is 0 Å². The van der Waals surface area contributed by atoms with Crippen LogP contribution >= 0.6 is 0 Å². The maximum Gasteiger partial charge on any atom is 0.272 e. The van der Waals surface area contributed by atoms with Crippen molar-refractivity contribution >= 4 is 11.8 Å². The Morgan fingerprint density at radius 1 is 0.960 bits per heavy atom. The number of amides is 2. The minimum absolute atomic E-state index is 0.0922. The van der Waals surface area contributed by atoms with Gasteiger partial charge in [-0.2, -0.15) is 0 Å². The molecule has 1 unspecified atom stereocenters. The topological polar surface area (TPSA) is 62.3 Å². The van der Waals surface area contributed by atoms with Crippen LogP contribution in [0.5, 0.6) is 0 Å². The molecule has 0 saturated carbocycles. The van der Waals surface area contributed by atoms with E-state index < -0.39 is 0 Å². The summed E-state index contributed by atoms with van der Waals surface area (Å²) < 4.78 is 0. The molecular formula is C20H23N3O2. The molecule has 1 atom stereocenters. The van der Waals surface area contributed by atoms with Gasteiger partial charge in [-0.05, 0) is 43.9 Å². The first-order valence-electron chi connectivity index (χ1n) is 8.77. The van der Waals surface area contributed by atoms with Gasteiger partial charge in [0, 0.05) is 13.1 Å². The van der Waals surface area contributed by atoms with E-state index >= 15 is 0 Å². The SMILES string of the molecule is CC(NC(=O)c1cccc(C(=O)N2CCCCC2)n1)c1ccccc1. The first kappa shape index (κ1) is 17.1. The van der Waals surface area contributed by atoms with Gasteiger partial charge in [-0.15, -0.1) is 0 Å². The third-order valence-electron chi connectivity index (χ3n) is 4.49. The van der Waals surface area contributed by atoms with Crippen molar-refractivity contribution in [3.05, 3.63) is 65.5 Å². The Bertz CT molecular complexity index is 740. The van der Waals surface area contributed by atoms with E-state index in [0.717, 1.165) is 37.9 Å². The molecule has 0 radical (unpaired) electrons. The quantitative estimate of drug-likeness (QED) is 0.932. The number of carbonyl (C=O) groups is 2. The van der Waals surface area contributed by atoms with E-state index in [1.807, 2.05) is 42.2 Å². The lowest BCUT2D eigenvalue weighted by molar-refractivity contribution is 0.0718. The van der Waals surface area contributed by atoms with Gasteiger partial charge in [0.05, 0.1) is 6.04 Å². The minimum Gasteiger partial charge on any atom is -0.344 e. The average Bonchev–Trinajstić information content (AvgIpc) is 2.68. The lowest BCUT2D eigenvalue weighted by Crippen LogP contribution is -2.36. The van der Waals surface area contributed by atoms with Gasteiger partial charge in [0.15, 0.2) is 0 Å². The molecule has 1 aromatic heterocycles. The molecule has 3 rings (SSSR count). The Morgan fingerprint density at radius 3 is 2.36 bits per heavy atom. The van der Waals surface area contributed by atoms with Crippen LogP contribution in [-0.4, -0.2) is 34.8 Å². The van der Waals surface area contributed by atoms with Gasteiger partial charge in [0.25, 0.3) is 11.8 Å². The molecule has 1 aliphatic rings. The average molecular weight is 337 g/mol. The van der Waals surface area contributed by atoms with Crippen molar-refractivity contribution in [3.63, 3.8) is 0 Å². The molecule has 5 nitrogen and oxygen atoms in total. The molecule has 1 fully saturated rings. The summed E-state index contributed by atoms with van der Waals surface area (Å²) in [6.45, 7) is 3.46. The van der Waals surface area contributed by atoms with Crippen LogP contribution in [0.1, 0.15) is 58.8 Å². The summed E-state index contributed by atoms with van der Waals surface area (Å²) in [7, 11) is 0. The first-order valence-corrected chi connectivity index (χ1v) is 8.77. The van der Waals surface area contributed by atoms with Crippen molar-refractivity contribution in [2.75, 3.05) is 13.1 Å². The van der Waals surface area contributed by atoms with E-state index in [4.69, 9.17) is 0 Å². The molecule has 0 spiro atoms. The van der Waals surface area contributed by atoms with E-state index in [-0.39, 0.29) is 23.6 Å². The molecule has 5 heteroatoms. The maximum absolute atomic E-state index is 12.5. The van der Waals surface area contributed by atoms with E-state index in [9.17, 15) is 9.59 Å². The highest BCUT2D eigenvalue weighted by Crippen LogP contribution is 2.14. The van der Waals surface area contributed by atoms with Crippen LogP contribution in [0.4, 0.5) is 0 Å². The lowest BCUT2D eigenvalue weighted by atomic mass is 10.1. The van der Waals surface area contributed by atoms with Crippen LogP contribution in [0, 0.1) is 0 Å². The van der Waals surface area contributed by atoms with Crippen LogP contribution in [0.25, 0.3) is 0 Å². The van der Waals surface area contributed by atoms with Gasteiger partial charge < -0.3 is 10.2 Å². The number of nitrogens with zero attached hydrogens (tertiary/aromatic N) is 2. The van der Waals surface area contributed by atoms with Gasteiger partial charge in [-0.3, -0.25) is 9.59 Å². The number of benzene rings is 1. The number of piperidine rings is 1. The van der Waals surface area contributed by atoms with E-state index in [2.05, 4.69) is 10.3 Å². The number of hydrogen-bond acceptors (Lipinski definition) is 3. The molecule has 1 saturated heterocycles. The molecule has 130 valence electrons. The van der Waals surface area contributed by atoms with Crippen LogP contribution in [0.15, 0.2) is 48.5 Å². The van der Waals surface area contributed by atoms with Gasteiger partial charge in [0.1, 0.15) is 11.4 Å². The third kappa shape index (κ3) is 4.24. The Hall–Kier alpha value is -2.69. The number of hydrogen-bond donors (Lipinski definition) is 1. The smallest absolute Gasteiger partial charge is 0.272 e. The normalized spacial score (nSPS) is 15.5. The standard InChI is InChI=1S/C20H23N3O2/c1-15(16-9-4-2-5-10-16)21-19(24)17-11-8-12-18(22-17)20(25)23-13-6-3-7-14-23/h2,4-5,8-12,15H,3,6-7,13-14H2,1H3,(H,21,24). The molecule has 1 aliphatic heterocycles. The number of aromatic nitrogens is 1. The Labute approximate surface area is 148 Å². The summed E-state index contributed by atoms with van der Waals surface area (Å²) in [5, 5.41) is 2.93. The summed E-state index contributed by atoms with van der Waals surface area (Å²) in [5.74, 6) is -0.366. The monoisotopic (exact) mass is 337 g/mol. The van der Waals surface area contributed by atoms with Gasteiger partial charge in [-0.1, -0.05) is 36.4 Å². The maximum atomic E-state index is 12.5. The van der Waals surface area contributed by atoms with Crippen molar-refractivity contribution in [1.82, 2.24) is 15.2 Å². The Balaban J connectivity index is 1.70. The highest BCUT2D eigenvalue weighted by Gasteiger charge is 2.20. The van der Waals surface area contributed by atoms with Crippen molar-refractivity contribution in [1.29, 1.82) is 0 Å². The fourth-order valence-corrected chi connectivity index (χ4v) is 3.03. The van der Waals surface area contributed by atoms with Crippen LogP contribution in [-0.2, 0) is 0 Å². The summed E-state index contributed by atoms with van der Waals surface area (Å²) in [4.78, 5) is 31.1. The number of rotatable bonds is 4. The molecule has 1 aromatic carbocycles. The van der Waals surface area contributed by atoms with Crippen molar-refractivity contribution in [3.8, 4) is 0 Å². The molecule has 2 heterocycles. The summed E-state index contributed by atoms with van der Waals surface area (Å²) in [5.41, 5.74) is 1.63. The third-order valence-corrected chi connectivity index (χ3v) is 4.49. The number of pyridine rings is 1. The minimum atomic E-state index is -0.273. The fourth-order valence-electron chi connectivity index (χ4n) is 3.03. The second kappa shape index (κ2) is 7.92. The highest BCUT2D eigenvalue weighted by molar-refractivity contribution is 5.96. The van der Waals surface area contributed by atoms with Crippen LogP contribution in [0.3, 0.4) is 0 Å². The highest BCUT2D eigenvalue weighted by atomic mass is 16.2. The molecular weight excluding hydrogens is 314 g/mol. The summed E-state index contributed by atoms with van der Waals surface area (Å²) >= 11 is 0. The molecule has 0 aliphatic carbocycles. The predicted molar refractivity (Wildman–Crippen MR) is 96.3 cm³/mol. The van der Waals surface area contributed by atoms with Crippen molar-refractivity contribution in [2.45, 2.75) is 32.2 Å². The predicted octanol–water partition coefficient (Wildman–Crippen LogP) is 3.20. The molecule has 25 heavy (non-hydrogen) atoms. The summed E-state index contributed by atoms with van der Waals surface area (Å²) in [6.07, 6.45) is 3.22. The largest absolute Gasteiger partial charge is 0.344 e. The van der Waals surface area contributed by atoms with E-state index in [1.54, 1.807) is 18.2 Å². The number of likely N-dealkylation sites (tertiary alicyclic amines) is 1. The Kier molecular flexibility index (Phi) is 5.43. The van der Waals surface area contributed by atoms with Crippen LogP contribution < -0.4 is 5.32 Å². The van der Waals surface area contributed by atoms with Crippen molar-refractivity contribution in [2.24, 2.45) is 0 Å². The van der Waals surface area contributed by atoms with Gasteiger partial charge >= 0.3 is 0 Å². The second-order valence-corrected chi connectivity index (χ2v) is 6.37. The zero-order valence-electron chi connectivity index (χ0n) is 14.4. The van der Waals surface area contributed by atoms with Gasteiger partial charge in [-0.25, -0.2) is 4.98 Å². The zero-order valence-corrected chi connectivity index (χ0v) is 14.4. The van der Waals surface area contributed by atoms with Crippen LogP contribution in [0.2, 0.25) is 0 Å². The first-order chi connectivity index (χ1) is 12.1. The second-order valence-electron chi connectivity index (χ2n) is 6.37.